The molecule has 0 aliphatic carbocycles. The molecule has 0 fully saturated rings. The van der Waals surface area contributed by atoms with Gasteiger partial charge in [0, 0.05) is 29.9 Å². The minimum Gasteiger partial charge on any atom is -0.497 e. The minimum absolute atomic E-state index is 0.0528. The van der Waals surface area contributed by atoms with Crippen molar-refractivity contribution in [1.82, 2.24) is 0 Å². The first-order valence-corrected chi connectivity index (χ1v) is 9.55. The summed E-state index contributed by atoms with van der Waals surface area (Å²) in [5, 5.41) is 0. The molecule has 0 aliphatic heterocycles. The number of Topliss-reactive ketones (excluding diaryl/α,β-unsaturated/α-hetero) is 2. The number of ether oxygens (including phenoxy) is 1. The average molecular weight is 387 g/mol. The molecule has 4 heteroatoms. The quantitative estimate of drug-likeness (QED) is 0.492. The Labute approximate surface area is 171 Å². The van der Waals surface area contributed by atoms with E-state index >= 15 is 0 Å². The Morgan fingerprint density at radius 3 is 1.66 bits per heavy atom. The van der Waals surface area contributed by atoms with Gasteiger partial charge >= 0.3 is 0 Å². The first-order valence-electron chi connectivity index (χ1n) is 9.55. The van der Waals surface area contributed by atoms with Crippen molar-refractivity contribution in [2.45, 2.75) is 26.9 Å². The van der Waals surface area contributed by atoms with E-state index in [1.807, 2.05) is 72.8 Å². The third-order valence-electron chi connectivity index (χ3n) is 4.85. The van der Waals surface area contributed by atoms with Gasteiger partial charge in [-0.15, -0.1) is 0 Å². The Morgan fingerprint density at radius 2 is 1.24 bits per heavy atom. The molecule has 0 unspecified atom stereocenters. The molecule has 0 amide bonds. The summed E-state index contributed by atoms with van der Waals surface area (Å²) in [5.41, 5.74) is 4.55. The summed E-state index contributed by atoms with van der Waals surface area (Å²) >= 11 is 0. The molecule has 3 rings (SSSR count). The molecule has 0 heterocycles. The van der Waals surface area contributed by atoms with Crippen LogP contribution in [0.3, 0.4) is 0 Å². The van der Waals surface area contributed by atoms with E-state index in [9.17, 15) is 9.59 Å². The number of carbonyl (C=O) groups is 2. The van der Waals surface area contributed by atoms with Gasteiger partial charge in [-0.3, -0.25) is 9.59 Å². The maximum atomic E-state index is 11.8. The lowest BCUT2D eigenvalue weighted by molar-refractivity contribution is 0.100. The van der Waals surface area contributed by atoms with Crippen LogP contribution in [0.25, 0.3) is 0 Å². The Balaban J connectivity index is 1.92. The third-order valence-corrected chi connectivity index (χ3v) is 4.85. The summed E-state index contributed by atoms with van der Waals surface area (Å²) in [5.74, 6) is 0.903. The van der Waals surface area contributed by atoms with Crippen molar-refractivity contribution in [2.75, 3.05) is 12.0 Å². The number of benzene rings is 3. The largest absolute Gasteiger partial charge is 0.497 e. The first kappa shape index (κ1) is 20.3. The van der Waals surface area contributed by atoms with E-state index in [0.29, 0.717) is 24.2 Å². The molecule has 0 aromatic heterocycles. The van der Waals surface area contributed by atoms with Gasteiger partial charge in [0.2, 0.25) is 0 Å². The van der Waals surface area contributed by atoms with E-state index in [-0.39, 0.29) is 11.6 Å². The monoisotopic (exact) mass is 387 g/mol. The Hall–Kier alpha value is -3.40. The van der Waals surface area contributed by atoms with E-state index in [1.165, 1.54) is 0 Å². The maximum Gasteiger partial charge on any atom is 0.159 e. The van der Waals surface area contributed by atoms with Crippen LogP contribution >= 0.6 is 0 Å². The van der Waals surface area contributed by atoms with Crippen LogP contribution < -0.4 is 9.64 Å². The van der Waals surface area contributed by atoms with E-state index in [2.05, 4.69) is 4.90 Å². The van der Waals surface area contributed by atoms with Crippen LogP contribution in [0.2, 0.25) is 0 Å². The normalized spacial score (nSPS) is 10.4. The van der Waals surface area contributed by atoms with Gasteiger partial charge in [-0.1, -0.05) is 36.4 Å². The Kier molecular flexibility index (Phi) is 6.45. The fourth-order valence-electron chi connectivity index (χ4n) is 3.25. The standard InChI is InChI=1S/C25H25NO3/c1-18(27)22-8-4-6-20(14-22)16-26(24-10-12-25(29-3)13-11-24)17-21-7-5-9-23(15-21)19(2)28/h4-15H,16-17H2,1-3H3. The lowest BCUT2D eigenvalue weighted by Gasteiger charge is -2.26. The molecule has 3 aromatic carbocycles. The number of rotatable bonds is 8. The summed E-state index contributed by atoms with van der Waals surface area (Å²) in [6.07, 6.45) is 0. The second kappa shape index (κ2) is 9.20. The molecule has 148 valence electrons. The maximum absolute atomic E-state index is 11.8. The molecule has 0 saturated heterocycles. The van der Waals surface area contributed by atoms with E-state index in [0.717, 1.165) is 22.6 Å². The van der Waals surface area contributed by atoms with Gasteiger partial charge in [-0.2, -0.15) is 0 Å². The highest BCUT2D eigenvalue weighted by Gasteiger charge is 2.11. The lowest BCUT2D eigenvalue weighted by atomic mass is 10.1. The van der Waals surface area contributed by atoms with E-state index < -0.39 is 0 Å². The molecule has 3 aromatic rings. The molecular weight excluding hydrogens is 362 g/mol. The fourth-order valence-corrected chi connectivity index (χ4v) is 3.25. The molecule has 4 nitrogen and oxygen atoms in total. The molecule has 0 bridgehead atoms. The predicted octanol–water partition coefficient (Wildman–Crippen LogP) is 5.31. The second-order valence-electron chi connectivity index (χ2n) is 7.07. The number of hydrogen-bond donors (Lipinski definition) is 0. The summed E-state index contributed by atoms with van der Waals surface area (Å²) in [7, 11) is 1.65. The molecule has 0 atom stereocenters. The Bertz CT molecular complexity index is 949. The summed E-state index contributed by atoms with van der Waals surface area (Å²) in [6, 6.07) is 23.3. The highest BCUT2D eigenvalue weighted by molar-refractivity contribution is 5.94. The average Bonchev–Trinajstić information content (AvgIpc) is 2.73. The van der Waals surface area contributed by atoms with Gasteiger partial charge in [-0.25, -0.2) is 0 Å². The van der Waals surface area contributed by atoms with Crippen molar-refractivity contribution in [1.29, 1.82) is 0 Å². The van der Waals surface area contributed by atoms with E-state index in [4.69, 9.17) is 4.74 Å². The number of nitrogens with zero attached hydrogens (tertiary/aromatic N) is 1. The van der Waals surface area contributed by atoms with Gasteiger partial charge in [-0.05, 0) is 61.4 Å². The zero-order valence-electron chi connectivity index (χ0n) is 17.0. The highest BCUT2D eigenvalue weighted by Crippen LogP contribution is 2.24. The summed E-state index contributed by atoms with van der Waals surface area (Å²) in [6.45, 7) is 4.43. The van der Waals surface area contributed by atoms with Crippen molar-refractivity contribution in [2.24, 2.45) is 0 Å². The van der Waals surface area contributed by atoms with Crippen molar-refractivity contribution >= 4 is 17.3 Å². The summed E-state index contributed by atoms with van der Waals surface area (Å²) in [4.78, 5) is 25.7. The molecular formula is C25H25NO3. The summed E-state index contributed by atoms with van der Waals surface area (Å²) < 4.78 is 5.28. The van der Waals surface area contributed by atoms with Gasteiger partial charge in [0.1, 0.15) is 5.75 Å². The number of methoxy groups -OCH3 is 1. The van der Waals surface area contributed by atoms with Crippen molar-refractivity contribution in [3.63, 3.8) is 0 Å². The smallest absolute Gasteiger partial charge is 0.159 e. The topological polar surface area (TPSA) is 46.6 Å². The molecule has 0 saturated carbocycles. The minimum atomic E-state index is 0.0528. The SMILES string of the molecule is COc1ccc(N(Cc2cccc(C(C)=O)c2)Cc2cccc(C(C)=O)c2)cc1. The van der Waals surface area contributed by atoms with Crippen LogP contribution in [0.5, 0.6) is 5.75 Å². The first-order chi connectivity index (χ1) is 14.0. The predicted molar refractivity (Wildman–Crippen MR) is 116 cm³/mol. The number of hydrogen-bond acceptors (Lipinski definition) is 4. The number of anilines is 1. The van der Waals surface area contributed by atoms with Crippen molar-refractivity contribution in [3.8, 4) is 5.75 Å². The zero-order valence-corrected chi connectivity index (χ0v) is 17.0. The van der Waals surface area contributed by atoms with Crippen LogP contribution in [-0.2, 0) is 13.1 Å². The van der Waals surface area contributed by atoms with Crippen LogP contribution in [0.15, 0.2) is 72.8 Å². The van der Waals surface area contributed by atoms with Gasteiger partial charge in [0.15, 0.2) is 11.6 Å². The number of carbonyl (C=O) groups excluding carboxylic acids is 2. The molecule has 29 heavy (non-hydrogen) atoms. The van der Waals surface area contributed by atoms with Crippen LogP contribution in [0.1, 0.15) is 45.7 Å². The fraction of sp³-hybridized carbons (Fsp3) is 0.200. The zero-order chi connectivity index (χ0) is 20.8. The van der Waals surface area contributed by atoms with Gasteiger partial charge in [0.25, 0.3) is 0 Å². The van der Waals surface area contributed by atoms with Gasteiger partial charge < -0.3 is 9.64 Å². The molecule has 0 radical (unpaired) electrons. The van der Waals surface area contributed by atoms with Crippen LogP contribution in [0.4, 0.5) is 5.69 Å². The van der Waals surface area contributed by atoms with Crippen molar-refractivity contribution in [3.05, 3.63) is 95.1 Å². The highest BCUT2D eigenvalue weighted by atomic mass is 16.5. The number of ketones is 2. The Morgan fingerprint density at radius 1 is 0.759 bits per heavy atom. The molecule has 0 spiro atoms. The van der Waals surface area contributed by atoms with E-state index in [1.54, 1.807) is 21.0 Å². The van der Waals surface area contributed by atoms with Crippen LogP contribution in [0, 0.1) is 0 Å². The van der Waals surface area contributed by atoms with Crippen LogP contribution in [-0.4, -0.2) is 18.7 Å². The molecule has 0 N–H and O–H groups in total. The lowest BCUT2D eigenvalue weighted by Crippen LogP contribution is -2.22. The van der Waals surface area contributed by atoms with Gasteiger partial charge in [0.05, 0.1) is 7.11 Å². The third kappa shape index (κ3) is 5.32. The second-order valence-corrected chi connectivity index (χ2v) is 7.07. The molecule has 0 aliphatic rings. The van der Waals surface area contributed by atoms with Crippen molar-refractivity contribution < 1.29 is 14.3 Å².